The van der Waals surface area contributed by atoms with E-state index in [2.05, 4.69) is 25.3 Å². The average Bonchev–Trinajstić information content (AvgIpc) is 3.63. The lowest BCUT2D eigenvalue weighted by Gasteiger charge is -2.21. The topological polar surface area (TPSA) is 120 Å². The van der Waals surface area contributed by atoms with Gasteiger partial charge in [0, 0.05) is 17.5 Å². The number of halogens is 6. The van der Waals surface area contributed by atoms with Crippen molar-refractivity contribution in [3.63, 3.8) is 0 Å². The molecule has 2 heterocycles. The summed E-state index contributed by atoms with van der Waals surface area (Å²) in [5, 5.41) is 4.51. The van der Waals surface area contributed by atoms with Crippen molar-refractivity contribution in [1.29, 1.82) is 0 Å². The van der Waals surface area contributed by atoms with E-state index in [4.69, 9.17) is 21.2 Å². The van der Waals surface area contributed by atoms with E-state index in [-0.39, 0.29) is 39.7 Å². The van der Waals surface area contributed by atoms with Crippen molar-refractivity contribution in [2.75, 3.05) is 17.3 Å². The summed E-state index contributed by atoms with van der Waals surface area (Å²) in [6, 6.07) is 15.1. The molecule has 0 saturated carbocycles. The molecule has 246 valence electrons. The number of aromatic nitrogens is 3. The van der Waals surface area contributed by atoms with Crippen molar-refractivity contribution in [1.82, 2.24) is 20.2 Å². The first-order valence-corrected chi connectivity index (χ1v) is 14.7. The minimum Gasteiger partial charge on any atom is -0.485 e. The Morgan fingerprint density at radius 1 is 1.06 bits per heavy atom. The number of thioether (sulfide) groups is 1. The van der Waals surface area contributed by atoms with Gasteiger partial charge in [0.1, 0.15) is 17.8 Å². The van der Waals surface area contributed by atoms with Crippen molar-refractivity contribution >= 4 is 46.2 Å². The normalized spacial score (nSPS) is 14.5. The third-order valence-corrected chi connectivity index (χ3v) is 7.20. The molecule has 0 aliphatic carbocycles. The predicted octanol–water partition coefficient (Wildman–Crippen LogP) is 6.80. The number of amides is 3. The van der Waals surface area contributed by atoms with Crippen LogP contribution in [-0.4, -0.2) is 56.5 Å². The van der Waals surface area contributed by atoms with Crippen LogP contribution < -0.4 is 19.9 Å². The summed E-state index contributed by atoms with van der Waals surface area (Å²) in [4.78, 5) is 39.6. The number of hydrogen-bond acceptors (Lipinski definition) is 8. The Labute approximate surface area is 272 Å². The predicted molar refractivity (Wildman–Crippen MR) is 162 cm³/mol. The standard InChI is InChI=1S/C29H22ClF5N6O5S/c1-28(31,32)15-44-23-11-6-19(30)12-22(23)41-24(42)14-47-27(41)37-26(43)39-45-13-17-2-4-18(5-3-17)25-36-16-40(38-25)20-7-9-21(10-8-20)46-29(33,34)35/h2-12,16H,13-15H2,1H3,(H,39,43)/b37-27-. The van der Waals surface area contributed by atoms with Crippen LogP contribution in [0.4, 0.5) is 32.4 Å². The SMILES string of the molecule is CC(F)(F)COc1ccc(Cl)cc1N1C(=O)CS/C1=N\C(=O)NOCc1ccc(-c2ncn(-c3ccc(OC(F)(F)F)cc3)n2)cc1. The van der Waals surface area contributed by atoms with Gasteiger partial charge in [-0.15, -0.1) is 18.3 Å². The number of nitrogens with zero attached hydrogens (tertiary/aromatic N) is 5. The van der Waals surface area contributed by atoms with Crippen molar-refractivity contribution in [2.24, 2.45) is 4.99 Å². The number of rotatable bonds is 10. The summed E-state index contributed by atoms with van der Waals surface area (Å²) in [6.07, 6.45) is -3.39. The Morgan fingerprint density at radius 3 is 2.47 bits per heavy atom. The Kier molecular flexibility index (Phi) is 9.97. The zero-order valence-electron chi connectivity index (χ0n) is 24.0. The van der Waals surface area contributed by atoms with E-state index < -0.39 is 30.8 Å². The molecule has 0 atom stereocenters. The molecule has 5 rings (SSSR count). The van der Waals surface area contributed by atoms with E-state index in [1.54, 1.807) is 24.3 Å². The van der Waals surface area contributed by atoms with Gasteiger partial charge >= 0.3 is 12.4 Å². The molecular weight excluding hydrogens is 675 g/mol. The van der Waals surface area contributed by atoms with E-state index in [0.29, 0.717) is 29.6 Å². The number of benzene rings is 3. The summed E-state index contributed by atoms with van der Waals surface area (Å²) < 4.78 is 74.5. The smallest absolute Gasteiger partial charge is 0.485 e. The lowest BCUT2D eigenvalue weighted by molar-refractivity contribution is -0.274. The second-order valence-corrected chi connectivity index (χ2v) is 11.2. The fourth-order valence-electron chi connectivity index (χ4n) is 4.03. The van der Waals surface area contributed by atoms with Gasteiger partial charge in [-0.05, 0) is 48.0 Å². The van der Waals surface area contributed by atoms with Gasteiger partial charge in [0.2, 0.25) is 5.91 Å². The molecule has 0 unspecified atom stereocenters. The van der Waals surface area contributed by atoms with Crippen LogP contribution in [-0.2, 0) is 16.2 Å². The summed E-state index contributed by atoms with van der Waals surface area (Å²) in [6.45, 7) is -0.315. The van der Waals surface area contributed by atoms with E-state index in [1.165, 1.54) is 41.3 Å². The van der Waals surface area contributed by atoms with Crippen LogP contribution in [0.25, 0.3) is 17.1 Å². The minimum absolute atomic E-state index is 0.0339. The van der Waals surface area contributed by atoms with E-state index in [0.717, 1.165) is 28.8 Å². The number of anilines is 1. The lowest BCUT2D eigenvalue weighted by Crippen LogP contribution is -2.32. The quantitative estimate of drug-likeness (QED) is 0.142. The molecule has 18 heteroatoms. The molecule has 1 N–H and O–H groups in total. The number of urea groups is 1. The molecule has 47 heavy (non-hydrogen) atoms. The molecule has 1 aliphatic heterocycles. The van der Waals surface area contributed by atoms with E-state index in [1.807, 2.05) is 0 Å². The number of alkyl halides is 5. The maximum absolute atomic E-state index is 13.4. The molecule has 4 aromatic rings. The molecule has 0 bridgehead atoms. The highest BCUT2D eigenvalue weighted by Crippen LogP contribution is 2.37. The van der Waals surface area contributed by atoms with Crippen LogP contribution in [0.15, 0.2) is 78.0 Å². The molecule has 0 radical (unpaired) electrons. The first-order valence-electron chi connectivity index (χ1n) is 13.4. The largest absolute Gasteiger partial charge is 0.573 e. The third kappa shape index (κ3) is 9.17. The fraction of sp³-hybridized carbons (Fsp3) is 0.207. The van der Waals surface area contributed by atoms with Gasteiger partial charge in [-0.3, -0.25) is 14.5 Å². The molecule has 3 aromatic carbocycles. The number of amidine groups is 1. The van der Waals surface area contributed by atoms with Crippen LogP contribution in [0.1, 0.15) is 12.5 Å². The van der Waals surface area contributed by atoms with Gasteiger partial charge in [0.15, 0.2) is 17.6 Å². The number of nitrogens with one attached hydrogen (secondary N) is 1. The molecule has 3 amide bonds. The number of aliphatic imine (C=N–C) groups is 1. The van der Waals surface area contributed by atoms with Crippen LogP contribution in [0.3, 0.4) is 0 Å². The average molecular weight is 697 g/mol. The number of hydroxylamine groups is 1. The van der Waals surface area contributed by atoms with Gasteiger partial charge in [-0.25, -0.2) is 28.7 Å². The summed E-state index contributed by atoms with van der Waals surface area (Å²) in [7, 11) is 0. The molecule has 0 spiro atoms. The van der Waals surface area contributed by atoms with Gasteiger partial charge in [-0.1, -0.05) is 47.6 Å². The maximum atomic E-state index is 13.4. The first kappa shape index (κ1) is 33.6. The molecule has 1 aromatic heterocycles. The zero-order valence-corrected chi connectivity index (χ0v) is 25.6. The second kappa shape index (κ2) is 13.9. The summed E-state index contributed by atoms with van der Waals surface area (Å²) in [5.41, 5.74) is 3.97. The Hall–Kier alpha value is -4.74. The highest BCUT2D eigenvalue weighted by Gasteiger charge is 2.34. The number of ether oxygens (including phenoxy) is 2. The number of hydrogen-bond donors (Lipinski definition) is 1. The summed E-state index contributed by atoms with van der Waals surface area (Å²) in [5.74, 6) is -3.72. The summed E-state index contributed by atoms with van der Waals surface area (Å²) >= 11 is 7.03. The third-order valence-electron chi connectivity index (χ3n) is 6.04. The van der Waals surface area contributed by atoms with Crippen molar-refractivity contribution in [3.8, 4) is 28.6 Å². The van der Waals surface area contributed by atoms with Gasteiger partial charge in [0.05, 0.1) is 23.7 Å². The number of carbonyl (C=O) groups excluding carboxylic acids is 2. The highest BCUT2D eigenvalue weighted by atomic mass is 35.5. The molecule has 1 aliphatic rings. The van der Waals surface area contributed by atoms with Gasteiger partial charge in [-0.2, -0.15) is 4.99 Å². The maximum Gasteiger partial charge on any atom is 0.573 e. The Balaban J connectivity index is 1.17. The highest BCUT2D eigenvalue weighted by molar-refractivity contribution is 8.15. The van der Waals surface area contributed by atoms with E-state index in [9.17, 15) is 31.5 Å². The zero-order chi connectivity index (χ0) is 33.8. The van der Waals surface area contributed by atoms with Crippen molar-refractivity contribution in [2.45, 2.75) is 25.8 Å². The molecule has 1 saturated heterocycles. The lowest BCUT2D eigenvalue weighted by atomic mass is 10.1. The molecule has 1 fully saturated rings. The van der Waals surface area contributed by atoms with Crippen LogP contribution in [0.5, 0.6) is 11.5 Å². The van der Waals surface area contributed by atoms with E-state index >= 15 is 0 Å². The first-order chi connectivity index (χ1) is 22.2. The van der Waals surface area contributed by atoms with Gasteiger partial charge in [0.25, 0.3) is 5.92 Å². The molecule has 11 nitrogen and oxygen atoms in total. The molecular formula is C29H22ClF5N6O5S. The fourth-order valence-corrected chi connectivity index (χ4v) is 5.06. The van der Waals surface area contributed by atoms with Crippen LogP contribution in [0, 0.1) is 0 Å². The van der Waals surface area contributed by atoms with Crippen molar-refractivity contribution in [3.05, 3.63) is 83.6 Å². The van der Waals surface area contributed by atoms with Crippen LogP contribution in [0.2, 0.25) is 5.02 Å². The Morgan fingerprint density at radius 2 is 1.79 bits per heavy atom. The Bertz CT molecular complexity index is 1780. The van der Waals surface area contributed by atoms with Gasteiger partial charge < -0.3 is 9.47 Å². The number of carbonyl (C=O) groups is 2. The monoisotopic (exact) mass is 696 g/mol. The second-order valence-electron chi connectivity index (χ2n) is 9.83. The minimum atomic E-state index is -4.79. The van der Waals surface area contributed by atoms with Crippen molar-refractivity contribution < 1.29 is 45.9 Å². The van der Waals surface area contributed by atoms with Crippen LogP contribution >= 0.6 is 23.4 Å².